The second-order valence-electron chi connectivity index (χ2n) is 3.34. The fourth-order valence-corrected chi connectivity index (χ4v) is 2.18. The van der Waals surface area contributed by atoms with E-state index in [1.807, 2.05) is 6.92 Å². The molecule has 1 heterocycles. The van der Waals surface area contributed by atoms with Crippen molar-refractivity contribution >= 4 is 35.4 Å². The number of aromatic amines is 1. The number of hydrogen-bond acceptors (Lipinski definition) is 1. The van der Waals surface area contributed by atoms with Gasteiger partial charge in [-0.2, -0.15) is 0 Å². The molecule has 2 aromatic rings. The lowest BCUT2D eigenvalue weighted by Gasteiger charge is -2.05. The zero-order valence-electron chi connectivity index (χ0n) is 8.22. The van der Waals surface area contributed by atoms with Gasteiger partial charge in [-0.15, -0.1) is 0 Å². The molecule has 0 amide bonds. The molecule has 1 aromatic carbocycles. The molecule has 84 valence electrons. The second-order valence-corrected chi connectivity index (χ2v) is 4.54. The zero-order chi connectivity index (χ0) is 11.9. The van der Waals surface area contributed by atoms with Crippen molar-refractivity contribution in [2.75, 3.05) is 0 Å². The molecule has 0 saturated carbocycles. The minimum absolute atomic E-state index is 0.0248. The number of nitrogens with one attached hydrogen (secondary N) is 1. The van der Waals surface area contributed by atoms with Gasteiger partial charge in [0, 0.05) is 11.9 Å². The Morgan fingerprint density at radius 1 is 1.31 bits per heavy atom. The number of H-pyrrole nitrogens is 1. The van der Waals surface area contributed by atoms with Crippen molar-refractivity contribution in [1.82, 2.24) is 9.55 Å². The topological polar surface area (TPSA) is 20.7 Å². The van der Waals surface area contributed by atoms with E-state index in [-0.39, 0.29) is 10.0 Å². The van der Waals surface area contributed by atoms with Gasteiger partial charge in [0.05, 0.1) is 15.7 Å². The van der Waals surface area contributed by atoms with Crippen molar-refractivity contribution < 1.29 is 4.39 Å². The SMILES string of the molecule is Cc1cn(-c2cc(Cl)c(F)c(Cl)c2)c(=S)[nH]1. The Hall–Kier alpha value is -0.840. The monoisotopic (exact) mass is 276 g/mol. The molecule has 1 N–H and O–H groups in total. The highest BCUT2D eigenvalue weighted by Gasteiger charge is 2.09. The molecule has 6 heteroatoms. The predicted octanol–water partition coefficient (Wildman–Crippen LogP) is 4.29. The summed E-state index contributed by atoms with van der Waals surface area (Å²) in [6.45, 7) is 1.87. The summed E-state index contributed by atoms with van der Waals surface area (Å²) in [4.78, 5) is 2.96. The van der Waals surface area contributed by atoms with E-state index in [1.54, 1.807) is 10.8 Å². The van der Waals surface area contributed by atoms with E-state index >= 15 is 0 Å². The first-order chi connectivity index (χ1) is 7.49. The molecular weight excluding hydrogens is 270 g/mol. The zero-order valence-corrected chi connectivity index (χ0v) is 10.5. The molecule has 0 aliphatic carbocycles. The van der Waals surface area contributed by atoms with Gasteiger partial charge in [0.2, 0.25) is 0 Å². The average molecular weight is 277 g/mol. The van der Waals surface area contributed by atoms with Gasteiger partial charge in [0.15, 0.2) is 10.6 Å². The maximum Gasteiger partial charge on any atom is 0.181 e. The lowest BCUT2D eigenvalue weighted by Crippen LogP contribution is -1.93. The molecule has 2 rings (SSSR count). The van der Waals surface area contributed by atoms with E-state index in [0.29, 0.717) is 10.5 Å². The third-order valence-electron chi connectivity index (χ3n) is 2.09. The summed E-state index contributed by atoms with van der Waals surface area (Å²) in [7, 11) is 0. The highest BCUT2D eigenvalue weighted by atomic mass is 35.5. The number of aromatic nitrogens is 2. The van der Waals surface area contributed by atoms with E-state index in [9.17, 15) is 4.39 Å². The normalized spacial score (nSPS) is 10.8. The smallest absolute Gasteiger partial charge is 0.181 e. The van der Waals surface area contributed by atoms with Gasteiger partial charge in [-0.25, -0.2) is 4.39 Å². The van der Waals surface area contributed by atoms with Crippen LogP contribution in [0.3, 0.4) is 0 Å². The van der Waals surface area contributed by atoms with Crippen LogP contribution in [-0.4, -0.2) is 9.55 Å². The van der Waals surface area contributed by atoms with E-state index in [1.165, 1.54) is 12.1 Å². The molecule has 0 aliphatic rings. The van der Waals surface area contributed by atoms with Crippen LogP contribution >= 0.6 is 35.4 Å². The van der Waals surface area contributed by atoms with Crippen molar-refractivity contribution in [3.05, 3.63) is 44.7 Å². The Balaban J connectivity index is 2.66. The summed E-state index contributed by atoms with van der Waals surface area (Å²) in [5, 5.41) is -0.0495. The summed E-state index contributed by atoms with van der Waals surface area (Å²) in [6.07, 6.45) is 1.79. The molecule has 0 aliphatic heterocycles. The first-order valence-corrected chi connectivity index (χ1v) is 5.58. The largest absolute Gasteiger partial charge is 0.335 e. The van der Waals surface area contributed by atoms with E-state index in [2.05, 4.69) is 4.98 Å². The Morgan fingerprint density at radius 2 is 1.88 bits per heavy atom. The first kappa shape index (κ1) is 11.6. The molecule has 0 unspecified atom stereocenters. The third kappa shape index (κ3) is 2.00. The highest BCUT2D eigenvalue weighted by Crippen LogP contribution is 2.26. The van der Waals surface area contributed by atoms with E-state index < -0.39 is 5.82 Å². The van der Waals surface area contributed by atoms with Crippen LogP contribution in [0.4, 0.5) is 4.39 Å². The molecule has 0 atom stereocenters. The lowest BCUT2D eigenvalue weighted by atomic mass is 10.3. The number of benzene rings is 1. The second kappa shape index (κ2) is 4.20. The van der Waals surface area contributed by atoms with Crippen LogP contribution < -0.4 is 0 Å². The fourth-order valence-electron chi connectivity index (χ4n) is 1.39. The number of hydrogen-bond donors (Lipinski definition) is 1. The highest BCUT2D eigenvalue weighted by molar-refractivity contribution is 7.71. The number of halogens is 3. The lowest BCUT2D eigenvalue weighted by molar-refractivity contribution is 0.628. The molecule has 1 aromatic heterocycles. The molecule has 0 saturated heterocycles. The van der Waals surface area contributed by atoms with Gasteiger partial charge in [-0.1, -0.05) is 23.2 Å². The van der Waals surface area contributed by atoms with Gasteiger partial charge in [0.1, 0.15) is 0 Å². The van der Waals surface area contributed by atoms with Crippen molar-refractivity contribution in [3.63, 3.8) is 0 Å². The molecule has 0 bridgehead atoms. The van der Waals surface area contributed by atoms with Crippen LogP contribution in [0.25, 0.3) is 5.69 Å². The summed E-state index contributed by atoms with van der Waals surface area (Å²) < 4.78 is 15.4. The fraction of sp³-hybridized carbons (Fsp3) is 0.100. The summed E-state index contributed by atoms with van der Waals surface area (Å²) in [6, 6.07) is 2.96. The van der Waals surface area contributed by atoms with Gasteiger partial charge in [-0.05, 0) is 31.3 Å². The summed E-state index contributed by atoms with van der Waals surface area (Å²) in [5.74, 6) is -0.620. The summed E-state index contributed by atoms with van der Waals surface area (Å²) in [5.41, 5.74) is 1.53. The van der Waals surface area contributed by atoms with Crippen LogP contribution in [0.15, 0.2) is 18.3 Å². The van der Waals surface area contributed by atoms with Gasteiger partial charge in [0.25, 0.3) is 0 Å². The Bertz CT molecular complexity index is 580. The van der Waals surface area contributed by atoms with E-state index in [4.69, 9.17) is 35.4 Å². The van der Waals surface area contributed by atoms with Crippen molar-refractivity contribution in [1.29, 1.82) is 0 Å². The molecule has 2 nitrogen and oxygen atoms in total. The van der Waals surface area contributed by atoms with Crippen molar-refractivity contribution in [3.8, 4) is 5.69 Å². The number of aryl methyl sites for hydroxylation is 1. The van der Waals surface area contributed by atoms with Crippen LogP contribution in [0.2, 0.25) is 10.0 Å². The Kier molecular flexibility index (Phi) is 3.06. The third-order valence-corrected chi connectivity index (χ3v) is 2.94. The molecule has 0 spiro atoms. The molecule has 16 heavy (non-hydrogen) atoms. The molecular formula is C10H7Cl2FN2S. The molecule has 0 radical (unpaired) electrons. The minimum atomic E-state index is -0.620. The van der Waals surface area contributed by atoms with Crippen LogP contribution in [0.1, 0.15) is 5.69 Å². The average Bonchev–Trinajstić information content (AvgIpc) is 2.53. The standard InChI is InChI=1S/C10H7Cl2FN2S/c1-5-4-15(10(16)14-5)6-2-7(11)9(13)8(12)3-6/h2-4H,1H3,(H,14,16). The van der Waals surface area contributed by atoms with Crippen LogP contribution in [0.5, 0.6) is 0 Å². The predicted molar refractivity (Wildman–Crippen MR) is 65.7 cm³/mol. The van der Waals surface area contributed by atoms with Crippen LogP contribution in [-0.2, 0) is 0 Å². The number of imidazole rings is 1. The van der Waals surface area contributed by atoms with Crippen molar-refractivity contribution in [2.45, 2.75) is 6.92 Å². The maximum atomic E-state index is 13.2. The number of nitrogens with zero attached hydrogens (tertiary/aromatic N) is 1. The first-order valence-electron chi connectivity index (χ1n) is 4.42. The molecule has 0 fully saturated rings. The van der Waals surface area contributed by atoms with Gasteiger partial charge >= 0.3 is 0 Å². The quantitative estimate of drug-likeness (QED) is 0.609. The van der Waals surface area contributed by atoms with Crippen molar-refractivity contribution in [2.24, 2.45) is 0 Å². The van der Waals surface area contributed by atoms with E-state index in [0.717, 1.165) is 5.69 Å². The minimum Gasteiger partial charge on any atom is -0.335 e. The Morgan fingerprint density at radius 3 is 2.31 bits per heavy atom. The van der Waals surface area contributed by atoms with Gasteiger partial charge in [-0.3, -0.25) is 4.57 Å². The Labute approximate surface area is 107 Å². The van der Waals surface area contributed by atoms with Gasteiger partial charge < -0.3 is 4.98 Å². The summed E-state index contributed by atoms with van der Waals surface area (Å²) >= 11 is 16.5. The van der Waals surface area contributed by atoms with Crippen LogP contribution in [0, 0.1) is 17.5 Å². The number of rotatable bonds is 1. The maximum absolute atomic E-state index is 13.2.